The van der Waals surface area contributed by atoms with Gasteiger partial charge in [0, 0.05) is 4.90 Å². The van der Waals surface area contributed by atoms with Gasteiger partial charge in [0.2, 0.25) is 0 Å². The SMILES string of the molecule is Cc1ccc(C)c(Sc2ncc(N)c(C)c2Br)c1. The molecule has 0 fully saturated rings. The predicted octanol–water partition coefficient (Wildman–Crippen LogP) is 4.50. The molecule has 0 radical (unpaired) electrons. The Morgan fingerprint density at radius 3 is 2.67 bits per heavy atom. The zero-order chi connectivity index (χ0) is 13.3. The number of rotatable bonds is 2. The number of halogens is 1. The molecule has 0 amide bonds. The van der Waals surface area contributed by atoms with Crippen molar-refractivity contribution >= 4 is 33.4 Å². The lowest BCUT2D eigenvalue weighted by molar-refractivity contribution is 1.08. The maximum Gasteiger partial charge on any atom is 0.115 e. The van der Waals surface area contributed by atoms with Crippen molar-refractivity contribution in [3.8, 4) is 0 Å². The Morgan fingerprint density at radius 1 is 1.22 bits per heavy atom. The highest BCUT2D eigenvalue weighted by Crippen LogP contribution is 2.36. The van der Waals surface area contributed by atoms with Crippen molar-refractivity contribution in [3.63, 3.8) is 0 Å². The minimum Gasteiger partial charge on any atom is -0.397 e. The molecule has 18 heavy (non-hydrogen) atoms. The fraction of sp³-hybridized carbons (Fsp3) is 0.214. The first kappa shape index (κ1) is 13.4. The molecule has 0 aliphatic rings. The normalized spacial score (nSPS) is 10.7. The third-order valence-electron chi connectivity index (χ3n) is 2.82. The lowest BCUT2D eigenvalue weighted by atomic mass is 10.2. The first-order valence-electron chi connectivity index (χ1n) is 5.64. The molecule has 0 bridgehead atoms. The van der Waals surface area contributed by atoms with E-state index in [2.05, 4.69) is 53.0 Å². The maximum absolute atomic E-state index is 5.84. The van der Waals surface area contributed by atoms with E-state index in [1.807, 2.05) is 6.92 Å². The van der Waals surface area contributed by atoms with Crippen LogP contribution in [0.25, 0.3) is 0 Å². The zero-order valence-corrected chi connectivity index (χ0v) is 13.0. The Hall–Kier alpha value is -1.00. The molecule has 1 aromatic heterocycles. The van der Waals surface area contributed by atoms with Crippen molar-refractivity contribution in [3.05, 3.63) is 45.6 Å². The molecule has 0 atom stereocenters. The van der Waals surface area contributed by atoms with Crippen LogP contribution >= 0.6 is 27.7 Å². The second-order valence-electron chi connectivity index (χ2n) is 4.33. The number of benzene rings is 1. The van der Waals surface area contributed by atoms with Crippen LogP contribution in [-0.4, -0.2) is 4.98 Å². The molecule has 2 aromatic rings. The summed E-state index contributed by atoms with van der Waals surface area (Å²) in [5.74, 6) is 0. The lowest BCUT2D eigenvalue weighted by Crippen LogP contribution is -1.94. The summed E-state index contributed by atoms with van der Waals surface area (Å²) >= 11 is 5.23. The van der Waals surface area contributed by atoms with Crippen molar-refractivity contribution in [2.75, 3.05) is 5.73 Å². The standard InChI is InChI=1S/C14H15BrN2S/c1-8-4-5-9(2)12(6-8)18-14-13(15)10(3)11(16)7-17-14/h4-7H,16H2,1-3H3. The van der Waals surface area contributed by atoms with Crippen LogP contribution in [-0.2, 0) is 0 Å². The van der Waals surface area contributed by atoms with E-state index in [-0.39, 0.29) is 0 Å². The van der Waals surface area contributed by atoms with Gasteiger partial charge in [0.05, 0.1) is 16.4 Å². The topological polar surface area (TPSA) is 38.9 Å². The molecule has 2 rings (SSSR count). The number of hydrogen-bond acceptors (Lipinski definition) is 3. The Labute approximate surface area is 120 Å². The number of nitrogens with two attached hydrogens (primary N) is 1. The fourth-order valence-corrected chi connectivity index (χ4v) is 3.17. The van der Waals surface area contributed by atoms with Crippen LogP contribution in [0.3, 0.4) is 0 Å². The summed E-state index contributed by atoms with van der Waals surface area (Å²) in [6, 6.07) is 6.44. The van der Waals surface area contributed by atoms with Gasteiger partial charge in [-0.2, -0.15) is 0 Å². The molecule has 0 saturated carbocycles. The van der Waals surface area contributed by atoms with E-state index in [4.69, 9.17) is 5.73 Å². The molecule has 0 aliphatic heterocycles. The average molecular weight is 323 g/mol. The number of hydrogen-bond donors (Lipinski definition) is 1. The Kier molecular flexibility index (Phi) is 3.97. The predicted molar refractivity (Wildman–Crippen MR) is 81.1 cm³/mol. The molecule has 0 aliphatic carbocycles. The summed E-state index contributed by atoms with van der Waals surface area (Å²) in [7, 11) is 0. The van der Waals surface area contributed by atoms with E-state index >= 15 is 0 Å². The first-order valence-corrected chi connectivity index (χ1v) is 7.25. The van der Waals surface area contributed by atoms with Crippen LogP contribution in [0, 0.1) is 20.8 Å². The van der Waals surface area contributed by atoms with E-state index in [0.717, 1.165) is 15.1 Å². The van der Waals surface area contributed by atoms with E-state index < -0.39 is 0 Å². The van der Waals surface area contributed by atoms with Crippen molar-refractivity contribution < 1.29 is 0 Å². The molecule has 1 heterocycles. The van der Waals surface area contributed by atoms with Gasteiger partial charge in [-0.25, -0.2) is 4.98 Å². The van der Waals surface area contributed by atoms with Gasteiger partial charge in [0.25, 0.3) is 0 Å². The van der Waals surface area contributed by atoms with Crippen molar-refractivity contribution in [2.45, 2.75) is 30.7 Å². The summed E-state index contributed by atoms with van der Waals surface area (Å²) in [6.45, 7) is 6.20. The van der Waals surface area contributed by atoms with Crippen LogP contribution < -0.4 is 5.73 Å². The molecule has 4 heteroatoms. The van der Waals surface area contributed by atoms with Gasteiger partial charge in [-0.3, -0.25) is 0 Å². The molecule has 0 unspecified atom stereocenters. The van der Waals surface area contributed by atoms with E-state index in [1.54, 1.807) is 18.0 Å². The number of nitrogens with zero attached hydrogens (tertiary/aromatic N) is 1. The summed E-state index contributed by atoms with van der Waals surface area (Å²) in [5.41, 5.74) is 10.1. The molecule has 2 nitrogen and oxygen atoms in total. The number of anilines is 1. The summed E-state index contributed by atoms with van der Waals surface area (Å²) in [6.07, 6.45) is 1.72. The molecule has 0 saturated heterocycles. The van der Waals surface area contributed by atoms with Gasteiger partial charge < -0.3 is 5.73 Å². The second kappa shape index (κ2) is 5.33. The molecule has 94 valence electrons. The Balaban J connectivity index is 2.40. The van der Waals surface area contributed by atoms with Gasteiger partial charge in [-0.1, -0.05) is 23.9 Å². The summed E-state index contributed by atoms with van der Waals surface area (Å²) < 4.78 is 0.980. The van der Waals surface area contributed by atoms with Crippen molar-refractivity contribution in [1.29, 1.82) is 0 Å². The minimum atomic E-state index is 0.715. The quantitative estimate of drug-likeness (QED) is 0.884. The summed E-state index contributed by atoms with van der Waals surface area (Å²) in [5, 5.41) is 0.954. The van der Waals surface area contributed by atoms with E-state index in [1.165, 1.54) is 16.0 Å². The molecular formula is C14H15BrN2S. The van der Waals surface area contributed by atoms with Crippen molar-refractivity contribution in [1.82, 2.24) is 4.98 Å². The first-order chi connectivity index (χ1) is 8.49. The van der Waals surface area contributed by atoms with E-state index in [0.29, 0.717) is 5.69 Å². The highest BCUT2D eigenvalue weighted by molar-refractivity contribution is 9.10. The van der Waals surface area contributed by atoms with Gasteiger partial charge in [-0.15, -0.1) is 0 Å². The molecule has 1 aromatic carbocycles. The van der Waals surface area contributed by atoms with Gasteiger partial charge in [0.15, 0.2) is 0 Å². The second-order valence-corrected chi connectivity index (χ2v) is 6.15. The number of nitrogen functional groups attached to an aromatic ring is 1. The summed E-state index contributed by atoms with van der Waals surface area (Å²) in [4.78, 5) is 5.62. The van der Waals surface area contributed by atoms with Gasteiger partial charge in [-0.05, 0) is 59.5 Å². The minimum absolute atomic E-state index is 0.715. The van der Waals surface area contributed by atoms with Crippen LogP contribution in [0.5, 0.6) is 0 Å². The zero-order valence-electron chi connectivity index (χ0n) is 10.6. The third-order valence-corrected chi connectivity index (χ3v) is 5.22. The van der Waals surface area contributed by atoms with Crippen molar-refractivity contribution in [2.24, 2.45) is 0 Å². The molecule has 2 N–H and O–H groups in total. The fourth-order valence-electron chi connectivity index (χ4n) is 1.56. The lowest BCUT2D eigenvalue weighted by Gasteiger charge is -2.10. The van der Waals surface area contributed by atoms with Crippen LogP contribution in [0.15, 0.2) is 38.8 Å². The largest absolute Gasteiger partial charge is 0.397 e. The van der Waals surface area contributed by atoms with Crippen LogP contribution in [0.2, 0.25) is 0 Å². The Morgan fingerprint density at radius 2 is 1.94 bits per heavy atom. The maximum atomic E-state index is 5.84. The Bertz CT molecular complexity index is 597. The van der Waals surface area contributed by atoms with Gasteiger partial charge >= 0.3 is 0 Å². The van der Waals surface area contributed by atoms with Crippen LogP contribution in [0.1, 0.15) is 16.7 Å². The number of aryl methyl sites for hydroxylation is 2. The molecule has 0 spiro atoms. The monoisotopic (exact) mass is 322 g/mol. The smallest absolute Gasteiger partial charge is 0.115 e. The molecular weight excluding hydrogens is 308 g/mol. The number of aromatic nitrogens is 1. The van der Waals surface area contributed by atoms with Gasteiger partial charge in [0.1, 0.15) is 5.03 Å². The van der Waals surface area contributed by atoms with E-state index in [9.17, 15) is 0 Å². The average Bonchev–Trinajstić information content (AvgIpc) is 2.34. The highest BCUT2D eigenvalue weighted by atomic mass is 79.9. The third kappa shape index (κ3) is 2.70. The van der Waals surface area contributed by atoms with Crippen LogP contribution in [0.4, 0.5) is 5.69 Å². The number of pyridine rings is 1. The highest BCUT2D eigenvalue weighted by Gasteiger charge is 2.10.